The number of rotatable bonds is 10. The van der Waals surface area contributed by atoms with Gasteiger partial charge in [-0.15, -0.1) is 0 Å². The number of nitrogens with one attached hydrogen (secondary N) is 3. The van der Waals surface area contributed by atoms with Crippen molar-refractivity contribution in [3.63, 3.8) is 0 Å². The number of benzene rings is 1. The lowest BCUT2D eigenvalue weighted by Crippen LogP contribution is -2.55. The van der Waals surface area contributed by atoms with Crippen molar-refractivity contribution in [3.05, 3.63) is 72.3 Å². The molecule has 2 aromatic heterocycles. The topological polar surface area (TPSA) is 133 Å². The Morgan fingerprint density at radius 3 is 1.66 bits per heavy atom. The molecule has 2 atom stereocenters. The summed E-state index contributed by atoms with van der Waals surface area (Å²) >= 11 is 0. The maximum atomic E-state index is 14.6. The number of amides is 3. The zero-order chi connectivity index (χ0) is 32.6. The highest BCUT2D eigenvalue weighted by atomic mass is 32.2. The van der Waals surface area contributed by atoms with Crippen molar-refractivity contribution >= 4 is 38.8 Å². The summed E-state index contributed by atoms with van der Waals surface area (Å²) in [4.78, 5) is 36.6. The van der Waals surface area contributed by atoms with E-state index in [1.165, 1.54) is 0 Å². The Morgan fingerprint density at radius 2 is 1.25 bits per heavy atom. The van der Waals surface area contributed by atoms with Gasteiger partial charge in [-0.3, -0.25) is 14.8 Å². The molecule has 44 heavy (non-hydrogen) atoms. The van der Waals surface area contributed by atoms with Gasteiger partial charge in [0.05, 0.1) is 34.4 Å². The zero-order valence-electron chi connectivity index (χ0n) is 25.1. The van der Waals surface area contributed by atoms with E-state index in [2.05, 4.69) is 25.9 Å². The minimum Gasteiger partial charge on any atom is -0.381 e. The number of carbonyl (C=O) groups excluding carboxylic acids is 2. The fraction of sp³-hybridized carbons (Fsp3) is 0.400. The Labute approximate surface area is 254 Å². The van der Waals surface area contributed by atoms with Gasteiger partial charge in [0, 0.05) is 36.3 Å². The van der Waals surface area contributed by atoms with E-state index in [1.54, 1.807) is 36.9 Å². The van der Waals surface area contributed by atoms with Crippen LogP contribution in [0.5, 0.6) is 0 Å². The number of imide groups is 1. The molecule has 0 radical (unpaired) electrons. The van der Waals surface area contributed by atoms with Crippen LogP contribution in [0, 0.1) is 0 Å². The maximum absolute atomic E-state index is 14.6. The van der Waals surface area contributed by atoms with Gasteiger partial charge in [0.15, 0.2) is 0 Å². The molecule has 0 bridgehead atoms. The lowest BCUT2D eigenvalue weighted by Gasteiger charge is -2.40. The Balaban J connectivity index is 1.88. The fourth-order valence-electron chi connectivity index (χ4n) is 5.59. The van der Waals surface area contributed by atoms with E-state index in [9.17, 15) is 31.2 Å². The first kappa shape index (κ1) is 32.7. The summed E-state index contributed by atoms with van der Waals surface area (Å²) in [6, 6.07) is 6.26. The number of nitrogens with zero attached hydrogens (tertiary/aromatic N) is 3. The van der Waals surface area contributed by atoms with Gasteiger partial charge in [-0.25, -0.2) is 18.1 Å². The van der Waals surface area contributed by atoms with Gasteiger partial charge in [-0.2, -0.15) is 13.2 Å². The molecular weight excluding hydrogens is 597 g/mol. The predicted octanol–water partition coefficient (Wildman–Crippen LogP) is 5.81. The van der Waals surface area contributed by atoms with Gasteiger partial charge in [-0.05, 0) is 75.2 Å². The molecule has 1 saturated heterocycles. The molecule has 0 aliphatic carbocycles. The Kier molecular flexibility index (Phi) is 8.97. The molecule has 1 aliphatic rings. The molecule has 3 heterocycles. The highest BCUT2D eigenvalue weighted by molar-refractivity contribution is 7.92. The van der Waals surface area contributed by atoms with Gasteiger partial charge >= 0.3 is 11.5 Å². The molecule has 14 heteroatoms. The number of carbonyl (C=O) groups is 2. The van der Waals surface area contributed by atoms with Crippen LogP contribution in [0.25, 0.3) is 0 Å². The molecule has 2 unspecified atom stereocenters. The van der Waals surface area contributed by atoms with Crippen LogP contribution in [-0.2, 0) is 14.6 Å². The molecule has 1 aliphatic heterocycles. The van der Waals surface area contributed by atoms with Crippen LogP contribution in [0.15, 0.2) is 66.1 Å². The fourth-order valence-corrected chi connectivity index (χ4v) is 6.35. The van der Waals surface area contributed by atoms with Gasteiger partial charge in [-0.1, -0.05) is 13.8 Å². The molecule has 3 amide bonds. The summed E-state index contributed by atoms with van der Waals surface area (Å²) in [5.74, 6) is -1.98. The smallest absolute Gasteiger partial charge is 0.381 e. The second-order valence-electron chi connectivity index (χ2n) is 11.4. The lowest BCUT2D eigenvalue weighted by molar-refractivity contribution is -0.123. The quantitative estimate of drug-likeness (QED) is 0.239. The van der Waals surface area contributed by atoms with Crippen molar-refractivity contribution < 1.29 is 31.2 Å². The number of anilines is 3. The molecule has 10 nitrogen and oxygen atoms in total. The normalized spacial score (nSPS) is 18.8. The van der Waals surface area contributed by atoms with Crippen LogP contribution in [-0.4, -0.2) is 53.5 Å². The van der Waals surface area contributed by atoms with E-state index >= 15 is 0 Å². The van der Waals surface area contributed by atoms with Crippen molar-refractivity contribution in [1.29, 1.82) is 0 Å². The van der Waals surface area contributed by atoms with E-state index in [1.807, 2.05) is 41.5 Å². The second kappa shape index (κ2) is 12.1. The third-order valence-electron chi connectivity index (χ3n) is 7.68. The number of pyridine rings is 2. The van der Waals surface area contributed by atoms with Crippen LogP contribution < -0.4 is 20.9 Å². The minimum atomic E-state index is -5.62. The van der Waals surface area contributed by atoms with Gasteiger partial charge in [0.25, 0.3) is 15.7 Å². The first-order chi connectivity index (χ1) is 20.5. The van der Waals surface area contributed by atoms with Crippen LogP contribution in [0.2, 0.25) is 0 Å². The largest absolute Gasteiger partial charge is 0.501 e. The van der Waals surface area contributed by atoms with Crippen molar-refractivity contribution in [1.82, 2.24) is 15.3 Å². The Hall–Kier alpha value is -4.20. The third kappa shape index (κ3) is 5.82. The standard InChI is InChI=1S/C30H35F3N6O4S/c1-17(2)36-25-15-34-13-11-23(25)19(5)29(20(6)24-12-14-35-16-26(24)37-18(3)4)27(40)39(28(41)38-29)21-7-9-22(10-8-21)44(42,43)30(31,32)33/h7-20,36-37H,1-6H3,(H,38,41). The molecule has 0 spiro atoms. The van der Waals surface area contributed by atoms with Crippen molar-refractivity contribution in [3.8, 4) is 0 Å². The van der Waals surface area contributed by atoms with E-state index in [0.717, 1.165) is 29.2 Å². The summed E-state index contributed by atoms with van der Waals surface area (Å²) in [5.41, 5.74) is -4.45. The van der Waals surface area contributed by atoms with E-state index in [0.29, 0.717) is 22.5 Å². The summed E-state index contributed by atoms with van der Waals surface area (Å²) in [6.45, 7) is 11.4. The van der Waals surface area contributed by atoms with Crippen LogP contribution in [0.3, 0.4) is 0 Å². The average molecular weight is 633 g/mol. The highest BCUT2D eigenvalue weighted by Gasteiger charge is 2.59. The highest BCUT2D eigenvalue weighted by Crippen LogP contribution is 2.47. The molecule has 3 N–H and O–H groups in total. The third-order valence-corrected chi connectivity index (χ3v) is 9.18. The van der Waals surface area contributed by atoms with E-state index in [4.69, 9.17) is 0 Å². The first-order valence-corrected chi connectivity index (χ1v) is 15.5. The van der Waals surface area contributed by atoms with Crippen molar-refractivity contribution in [2.45, 2.75) is 81.4 Å². The number of hydrogen-bond acceptors (Lipinski definition) is 8. The van der Waals surface area contributed by atoms with E-state index < -0.39 is 49.6 Å². The molecule has 236 valence electrons. The molecule has 4 rings (SSSR count). The Morgan fingerprint density at radius 1 is 0.795 bits per heavy atom. The number of hydrogen-bond donors (Lipinski definition) is 3. The van der Waals surface area contributed by atoms with E-state index in [-0.39, 0.29) is 17.8 Å². The molecule has 0 saturated carbocycles. The number of urea groups is 1. The minimum absolute atomic E-state index is 0.0254. The summed E-state index contributed by atoms with van der Waals surface area (Å²) in [7, 11) is -5.62. The van der Waals surface area contributed by atoms with Crippen LogP contribution in [0.1, 0.15) is 64.5 Å². The molecule has 1 aromatic carbocycles. The van der Waals surface area contributed by atoms with Crippen molar-refractivity contribution in [2.75, 3.05) is 15.5 Å². The molecule has 3 aromatic rings. The van der Waals surface area contributed by atoms with Gasteiger partial charge < -0.3 is 16.0 Å². The monoisotopic (exact) mass is 632 g/mol. The summed E-state index contributed by atoms with van der Waals surface area (Å²) in [5, 5.41) is 9.62. The zero-order valence-corrected chi connectivity index (χ0v) is 25.9. The predicted molar refractivity (Wildman–Crippen MR) is 161 cm³/mol. The number of sulfone groups is 1. The number of alkyl halides is 3. The first-order valence-electron chi connectivity index (χ1n) is 14.0. The summed E-state index contributed by atoms with van der Waals surface area (Å²) in [6.07, 6.45) is 6.46. The maximum Gasteiger partial charge on any atom is 0.501 e. The second-order valence-corrected chi connectivity index (χ2v) is 13.3. The SMILES string of the molecule is CC(C)Nc1cnccc1C(C)C1(C(C)c2ccncc2NC(C)C)NC(=O)N(c2ccc(S(=O)(=O)C(F)(F)F)cc2)C1=O. The van der Waals surface area contributed by atoms with Crippen LogP contribution >= 0.6 is 0 Å². The van der Waals surface area contributed by atoms with Crippen LogP contribution in [0.4, 0.5) is 35.0 Å². The van der Waals surface area contributed by atoms with Gasteiger partial charge in [0.1, 0.15) is 5.54 Å². The number of halogens is 3. The van der Waals surface area contributed by atoms with Crippen molar-refractivity contribution in [2.24, 2.45) is 0 Å². The molecular formula is C30H35F3N6O4S. The van der Waals surface area contributed by atoms with Gasteiger partial charge in [0.2, 0.25) is 0 Å². The Bertz CT molecular complexity index is 1590. The average Bonchev–Trinajstić information content (AvgIpc) is 3.22. The lowest BCUT2D eigenvalue weighted by atomic mass is 9.69. The summed E-state index contributed by atoms with van der Waals surface area (Å²) < 4.78 is 63.2. The number of aromatic nitrogens is 2. The molecule has 1 fully saturated rings.